The maximum Gasteiger partial charge on any atom is 0.323 e. The maximum atomic E-state index is 11.3. The molecule has 1 aliphatic carbocycles. The van der Waals surface area contributed by atoms with Crippen LogP contribution in [0.4, 0.5) is 0 Å². The predicted octanol–water partition coefficient (Wildman–Crippen LogP) is 2.65. The number of aryl methyl sites for hydroxylation is 2. The third-order valence-electron chi connectivity index (χ3n) is 4.32. The van der Waals surface area contributed by atoms with Gasteiger partial charge in [-0.3, -0.25) is 4.79 Å². The lowest BCUT2D eigenvalue weighted by Crippen LogP contribution is -2.51. The highest BCUT2D eigenvalue weighted by Crippen LogP contribution is 2.36. The largest absolute Gasteiger partial charge is 0.493 e. The minimum atomic E-state index is -1.06. The van der Waals surface area contributed by atoms with Crippen LogP contribution in [0.2, 0.25) is 0 Å². The van der Waals surface area contributed by atoms with E-state index in [2.05, 4.69) is 6.07 Å². The van der Waals surface area contributed by atoms with Crippen molar-refractivity contribution in [2.75, 3.05) is 6.61 Å². The van der Waals surface area contributed by atoms with Crippen molar-refractivity contribution in [3.8, 4) is 5.75 Å². The molecule has 0 aliphatic heterocycles. The average Bonchev–Trinajstić information content (AvgIpc) is 2.75. The topological polar surface area (TPSA) is 72.5 Å². The van der Waals surface area contributed by atoms with Gasteiger partial charge < -0.3 is 15.6 Å². The van der Waals surface area contributed by atoms with E-state index < -0.39 is 11.5 Å². The van der Waals surface area contributed by atoms with Crippen molar-refractivity contribution in [3.63, 3.8) is 0 Å². The Morgan fingerprint density at radius 3 is 2.90 bits per heavy atom. The fourth-order valence-electron chi connectivity index (χ4n) is 3.06. The second kappa shape index (κ2) is 5.83. The molecule has 4 heteroatoms. The van der Waals surface area contributed by atoms with Gasteiger partial charge in [0, 0.05) is 0 Å². The summed E-state index contributed by atoms with van der Waals surface area (Å²) < 4.78 is 5.78. The second-order valence-corrected chi connectivity index (χ2v) is 5.84. The number of benzene rings is 1. The molecule has 3 N–H and O–H groups in total. The standard InChI is InChI=1S/C16H23NO3/c1-11-5-6-14(12(2)10-11)20-9-7-13-4-3-8-16(13,17)15(18)19/h5-6,10,13H,3-4,7-9,17H2,1-2H3,(H,18,19). The van der Waals surface area contributed by atoms with Gasteiger partial charge in [-0.25, -0.2) is 0 Å². The minimum Gasteiger partial charge on any atom is -0.493 e. The van der Waals surface area contributed by atoms with Crippen LogP contribution in [0.5, 0.6) is 5.75 Å². The van der Waals surface area contributed by atoms with Crippen molar-refractivity contribution in [2.24, 2.45) is 11.7 Å². The van der Waals surface area contributed by atoms with Gasteiger partial charge in [-0.1, -0.05) is 24.1 Å². The van der Waals surface area contributed by atoms with Gasteiger partial charge in [0.2, 0.25) is 0 Å². The summed E-state index contributed by atoms with van der Waals surface area (Å²) in [4.78, 5) is 11.3. The molecule has 0 bridgehead atoms. The Balaban J connectivity index is 1.91. The van der Waals surface area contributed by atoms with E-state index in [-0.39, 0.29) is 5.92 Å². The Bertz CT molecular complexity index is 500. The van der Waals surface area contributed by atoms with Crippen LogP contribution in [0.3, 0.4) is 0 Å². The normalized spacial score (nSPS) is 25.6. The van der Waals surface area contributed by atoms with Crippen LogP contribution in [0.15, 0.2) is 18.2 Å². The van der Waals surface area contributed by atoms with E-state index in [1.807, 2.05) is 26.0 Å². The van der Waals surface area contributed by atoms with Crippen LogP contribution in [-0.2, 0) is 4.79 Å². The van der Waals surface area contributed by atoms with Crippen LogP contribution in [0.1, 0.15) is 36.8 Å². The molecule has 2 rings (SSSR count). The maximum absolute atomic E-state index is 11.3. The summed E-state index contributed by atoms with van der Waals surface area (Å²) in [5.74, 6) is -0.0104. The highest BCUT2D eigenvalue weighted by Gasteiger charge is 2.45. The molecular formula is C16H23NO3. The Hall–Kier alpha value is -1.55. The van der Waals surface area contributed by atoms with Crippen LogP contribution in [0.25, 0.3) is 0 Å². The summed E-state index contributed by atoms with van der Waals surface area (Å²) in [6.45, 7) is 4.58. The summed E-state index contributed by atoms with van der Waals surface area (Å²) in [7, 11) is 0. The van der Waals surface area contributed by atoms with Crippen molar-refractivity contribution >= 4 is 5.97 Å². The van der Waals surface area contributed by atoms with Crippen LogP contribution >= 0.6 is 0 Å². The van der Waals surface area contributed by atoms with Gasteiger partial charge in [0.15, 0.2) is 0 Å². The lowest BCUT2D eigenvalue weighted by Gasteiger charge is -2.26. The van der Waals surface area contributed by atoms with Gasteiger partial charge in [-0.15, -0.1) is 0 Å². The number of rotatable bonds is 5. The van der Waals surface area contributed by atoms with Crippen molar-refractivity contribution in [1.82, 2.24) is 0 Å². The smallest absolute Gasteiger partial charge is 0.323 e. The molecule has 0 heterocycles. The van der Waals surface area contributed by atoms with E-state index >= 15 is 0 Å². The summed E-state index contributed by atoms with van der Waals surface area (Å²) >= 11 is 0. The molecule has 1 fully saturated rings. The number of carbonyl (C=O) groups is 1. The molecule has 1 aliphatic rings. The molecule has 1 saturated carbocycles. The van der Waals surface area contributed by atoms with Gasteiger partial charge in [0.05, 0.1) is 6.61 Å². The van der Waals surface area contributed by atoms with Gasteiger partial charge in [0.25, 0.3) is 0 Å². The predicted molar refractivity (Wildman–Crippen MR) is 77.9 cm³/mol. The highest BCUT2D eigenvalue weighted by atomic mass is 16.5. The summed E-state index contributed by atoms with van der Waals surface area (Å²) in [5, 5.41) is 9.27. The van der Waals surface area contributed by atoms with Crippen LogP contribution in [-0.4, -0.2) is 23.2 Å². The van der Waals surface area contributed by atoms with E-state index in [9.17, 15) is 9.90 Å². The van der Waals surface area contributed by atoms with Crippen molar-refractivity contribution in [2.45, 2.75) is 45.1 Å². The molecule has 110 valence electrons. The van der Waals surface area contributed by atoms with Crippen molar-refractivity contribution in [3.05, 3.63) is 29.3 Å². The fraction of sp³-hybridized carbons (Fsp3) is 0.562. The first kappa shape index (κ1) is 14.9. The molecule has 0 saturated heterocycles. The second-order valence-electron chi connectivity index (χ2n) is 5.84. The summed E-state index contributed by atoms with van der Waals surface area (Å²) in [6.07, 6.45) is 3.02. The molecule has 2 unspecified atom stereocenters. The first-order valence-electron chi connectivity index (χ1n) is 7.16. The Morgan fingerprint density at radius 2 is 2.25 bits per heavy atom. The van der Waals surface area contributed by atoms with Crippen molar-refractivity contribution < 1.29 is 14.6 Å². The molecule has 1 aromatic rings. The molecule has 4 nitrogen and oxygen atoms in total. The molecule has 20 heavy (non-hydrogen) atoms. The molecule has 0 amide bonds. The van der Waals surface area contributed by atoms with E-state index in [0.29, 0.717) is 19.4 Å². The zero-order valence-electron chi connectivity index (χ0n) is 12.2. The lowest BCUT2D eigenvalue weighted by molar-refractivity contribution is -0.144. The van der Waals surface area contributed by atoms with E-state index in [1.165, 1.54) is 5.56 Å². The molecule has 0 radical (unpaired) electrons. The first-order chi connectivity index (χ1) is 9.43. The third kappa shape index (κ3) is 2.96. The lowest BCUT2D eigenvalue weighted by atomic mass is 9.86. The number of ether oxygens (including phenoxy) is 1. The van der Waals surface area contributed by atoms with E-state index in [4.69, 9.17) is 10.5 Å². The number of hydrogen-bond acceptors (Lipinski definition) is 3. The first-order valence-corrected chi connectivity index (χ1v) is 7.16. The fourth-order valence-corrected chi connectivity index (χ4v) is 3.06. The summed E-state index contributed by atoms with van der Waals surface area (Å²) in [5.41, 5.74) is 7.27. The van der Waals surface area contributed by atoms with E-state index in [0.717, 1.165) is 24.2 Å². The number of carboxylic acids is 1. The van der Waals surface area contributed by atoms with Gasteiger partial charge in [-0.2, -0.15) is 0 Å². The average molecular weight is 277 g/mol. The van der Waals surface area contributed by atoms with E-state index in [1.54, 1.807) is 0 Å². The quantitative estimate of drug-likeness (QED) is 0.868. The zero-order chi connectivity index (χ0) is 14.8. The van der Waals surface area contributed by atoms with Gasteiger partial charge in [-0.05, 0) is 50.7 Å². The number of hydrogen-bond donors (Lipinski definition) is 2. The number of aliphatic carboxylic acids is 1. The Morgan fingerprint density at radius 1 is 1.50 bits per heavy atom. The minimum absolute atomic E-state index is 0.00533. The van der Waals surface area contributed by atoms with Crippen LogP contribution < -0.4 is 10.5 Å². The Labute approximate surface area is 119 Å². The number of carboxylic acid groups (broad SMARTS) is 1. The molecule has 0 spiro atoms. The molecule has 1 aromatic carbocycles. The monoisotopic (exact) mass is 277 g/mol. The number of nitrogens with two attached hydrogens (primary N) is 1. The molecular weight excluding hydrogens is 254 g/mol. The third-order valence-corrected chi connectivity index (χ3v) is 4.32. The van der Waals surface area contributed by atoms with Crippen LogP contribution in [0, 0.1) is 19.8 Å². The zero-order valence-corrected chi connectivity index (χ0v) is 12.2. The molecule has 2 atom stereocenters. The van der Waals surface area contributed by atoms with Crippen molar-refractivity contribution in [1.29, 1.82) is 0 Å². The van der Waals surface area contributed by atoms with Gasteiger partial charge >= 0.3 is 5.97 Å². The SMILES string of the molecule is Cc1ccc(OCCC2CCCC2(N)C(=O)O)c(C)c1. The summed E-state index contributed by atoms with van der Waals surface area (Å²) in [6, 6.07) is 6.06. The van der Waals surface area contributed by atoms with Gasteiger partial charge in [0.1, 0.15) is 11.3 Å². The highest BCUT2D eigenvalue weighted by molar-refractivity contribution is 5.79. The Kier molecular flexibility index (Phi) is 4.33. The molecule has 0 aromatic heterocycles.